The summed E-state index contributed by atoms with van der Waals surface area (Å²) in [5, 5.41) is 7.94. The summed E-state index contributed by atoms with van der Waals surface area (Å²) in [4.78, 5) is 0. The Kier molecular flexibility index (Phi) is 9.51. The molecule has 0 aromatic heterocycles. The van der Waals surface area contributed by atoms with Gasteiger partial charge in [-0.1, -0.05) is 55.8 Å². The van der Waals surface area contributed by atoms with Crippen LogP contribution in [0.4, 0.5) is 11.4 Å². The third-order valence-corrected chi connectivity index (χ3v) is 4.62. The lowest BCUT2D eigenvalue weighted by molar-refractivity contribution is 0.304. The van der Waals surface area contributed by atoms with Crippen LogP contribution in [0.1, 0.15) is 39.0 Å². The van der Waals surface area contributed by atoms with Crippen LogP contribution in [0.3, 0.4) is 0 Å². The Labute approximate surface area is 167 Å². The molecule has 0 aliphatic carbocycles. The van der Waals surface area contributed by atoms with Gasteiger partial charge in [-0.05, 0) is 48.9 Å². The lowest BCUT2D eigenvalue weighted by Gasteiger charge is -2.11. The molecule has 0 fully saturated rings. The average Bonchev–Trinajstić information content (AvgIpc) is 2.64. The fraction of sp³-hybridized carbons (Fsp3) is 0.429. The van der Waals surface area contributed by atoms with Crippen LogP contribution in [0, 0.1) is 0 Å². The highest BCUT2D eigenvalue weighted by molar-refractivity contribution is 6.36. The second kappa shape index (κ2) is 11.9. The van der Waals surface area contributed by atoms with Gasteiger partial charge in [0.25, 0.3) is 0 Å². The number of nitrogens with one attached hydrogen (secondary N) is 2. The fourth-order valence-corrected chi connectivity index (χ4v) is 3.08. The second-order valence-corrected chi connectivity index (χ2v) is 7.11. The third kappa shape index (κ3) is 7.76. The number of ether oxygens (including phenoxy) is 1. The molecular formula is C21H28Cl2N2O. The molecule has 3 nitrogen and oxygen atoms in total. The molecule has 2 aromatic rings. The fourth-order valence-electron chi connectivity index (χ4n) is 2.60. The molecule has 26 heavy (non-hydrogen) atoms. The van der Waals surface area contributed by atoms with E-state index in [1.54, 1.807) is 6.07 Å². The smallest absolute Gasteiger partial charge is 0.119 e. The quantitative estimate of drug-likeness (QED) is 0.385. The Morgan fingerprint density at radius 1 is 0.846 bits per heavy atom. The van der Waals surface area contributed by atoms with Gasteiger partial charge >= 0.3 is 0 Å². The van der Waals surface area contributed by atoms with E-state index in [0.717, 1.165) is 43.2 Å². The van der Waals surface area contributed by atoms with Gasteiger partial charge in [0.15, 0.2) is 0 Å². The molecule has 0 saturated carbocycles. The van der Waals surface area contributed by atoms with E-state index in [0.29, 0.717) is 10.0 Å². The molecule has 0 unspecified atom stereocenters. The maximum absolute atomic E-state index is 6.14. The monoisotopic (exact) mass is 394 g/mol. The van der Waals surface area contributed by atoms with E-state index in [2.05, 4.69) is 17.6 Å². The second-order valence-electron chi connectivity index (χ2n) is 6.26. The molecule has 0 aliphatic heterocycles. The molecule has 2 N–H and O–H groups in total. The number of anilines is 2. The van der Waals surface area contributed by atoms with Crippen LogP contribution in [-0.4, -0.2) is 19.7 Å². The first-order valence-electron chi connectivity index (χ1n) is 9.34. The summed E-state index contributed by atoms with van der Waals surface area (Å²) in [6, 6.07) is 13.6. The number of hydrogen-bond donors (Lipinski definition) is 2. The summed E-state index contributed by atoms with van der Waals surface area (Å²) >= 11 is 12.0. The zero-order valence-corrected chi connectivity index (χ0v) is 16.9. The van der Waals surface area contributed by atoms with Crippen molar-refractivity contribution in [1.29, 1.82) is 0 Å². The SMILES string of the molecule is CCCCCCCOc1ccc(NCCNc2ccc(Cl)cc2Cl)cc1. The largest absolute Gasteiger partial charge is 0.494 e. The minimum atomic E-state index is 0.633. The lowest BCUT2D eigenvalue weighted by Crippen LogP contribution is -2.13. The van der Waals surface area contributed by atoms with Gasteiger partial charge in [0.2, 0.25) is 0 Å². The molecular weight excluding hydrogens is 367 g/mol. The standard InChI is InChI=1S/C21H28Cl2N2O/c1-2-3-4-5-6-15-26-19-10-8-18(9-11-19)24-13-14-25-21-12-7-17(22)16-20(21)23/h7-12,16,24-25H,2-6,13-15H2,1H3. The van der Waals surface area contributed by atoms with Crippen molar-refractivity contribution in [2.75, 3.05) is 30.3 Å². The molecule has 0 aliphatic rings. The molecule has 0 heterocycles. The van der Waals surface area contributed by atoms with E-state index in [-0.39, 0.29) is 0 Å². The minimum absolute atomic E-state index is 0.633. The van der Waals surface area contributed by atoms with Crippen molar-refractivity contribution in [2.45, 2.75) is 39.0 Å². The van der Waals surface area contributed by atoms with E-state index in [1.807, 2.05) is 36.4 Å². The molecule has 0 atom stereocenters. The number of unbranched alkanes of at least 4 members (excludes halogenated alkanes) is 4. The van der Waals surface area contributed by atoms with Gasteiger partial charge in [0, 0.05) is 23.8 Å². The molecule has 2 aromatic carbocycles. The summed E-state index contributed by atoms with van der Waals surface area (Å²) < 4.78 is 5.78. The molecule has 0 bridgehead atoms. The molecule has 0 radical (unpaired) electrons. The van der Waals surface area contributed by atoms with E-state index in [9.17, 15) is 0 Å². The zero-order valence-electron chi connectivity index (χ0n) is 15.4. The topological polar surface area (TPSA) is 33.3 Å². The maximum Gasteiger partial charge on any atom is 0.119 e. The molecule has 0 amide bonds. The van der Waals surface area contributed by atoms with Crippen LogP contribution in [0.15, 0.2) is 42.5 Å². The molecule has 142 valence electrons. The van der Waals surface area contributed by atoms with Crippen LogP contribution < -0.4 is 15.4 Å². The van der Waals surface area contributed by atoms with Crippen molar-refractivity contribution in [3.63, 3.8) is 0 Å². The number of hydrogen-bond acceptors (Lipinski definition) is 3. The van der Waals surface area contributed by atoms with Gasteiger partial charge in [-0.3, -0.25) is 0 Å². The van der Waals surface area contributed by atoms with Crippen molar-refractivity contribution in [3.8, 4) is 5.75 Å². The highest BCUT2D eigenvalue weighted by Crippen LogP contribution is 2.25. The Balaban J connectivity index is 1.62. The van der Waals surface area contributed by atoms with Crippen molar-refractivity contribution >= 4 is 34.6 Å². The number of benzene rings is 2. The van der Waals surface area contributed by atoms with Crippen molar-refractivity contribution in [1.82, 2.24) is 0 Å². The van der Waals surface area contributed by atoms with Crippen molar-refractivity contribution < 1.29 is 4.74 Å². The molecule has 5 heteroatoms. The molecule has 0 spiro atoms. The van der Waals surface area contributed by atoms with Crippen LogP contribution in [0.2, 0.25) is 10.0 Å². The molecule has 0 saturated heterocycles. The number of rotatable bonds is 12. The Hall–Kier alpha value is -1.58. The van der Waals surface area contributed by atoms with Gasteiger partial charge in [-0.2, -0.15) is 0 Å². The summed E-state index contributed by atoms with van der Waals surface area (Å²) in [6.45, 7) is 4.57. The van der Waals surface area contributed by atoms with Crippen molar-refractivity contribution in [3.05, 3.63) is 52.5 Å². The van der Waals surface area contributed by atoms with Gasteiger partial charge in [-0.25, -0.2) is 0 Å². The Morgan fingerprint density at radius 2 is 1.58 bits per heavy atom. The van der Waals surface area contributed by atoms with Gasteiger partial charge in [0.1, 0.15) is 5.75 Å². The van der Waals surface area contributed by atoms with Gasteiger partial charge in [-0.15, -0.1) is 0 Å². The highest BCUT2D eigenvalue weighted by atomic mass is 35.5. The van der Waals surface area contributed by atoms with Crippen LogP contribution in [-0.2, 0) is 0 Å². The Morgan fingerprint density at radius 3 is 2.31 bits per heavy atom. The van der Waals surface area contributed by atoms with Crippen LogP contribution in [0.25, 0.3) is 0 Å². The molecule has 2 rings (SSSR count). The van der Waals surface area contributed by atoms with Crippen molar-refractivity contribution in [2.24, 2.45) is 0 Å². The summed E-state index contributed by atoms with van der Waals surface area (Å²) in [5.74, 6) is 0.928. The van der Waals surface area contributed by atoms with Crippen LogP contribution >= 0.6 is 23.2 Å². The van der Waals surface area contributed by atoms with Crippen LogP contribution in [0.5, 0.6) is 5.75 Å². The zero-order chi connectivity index (χ0) is 18.6. The van der Waals surface area contributed by atoms with E-state index in [4.69, 9.17) is 27.9 Å². The summed E-state index contributed by atoms with van der Waals surface area (Å²) in [5.41, 5.74) is 1.96. The lowest BCUT2D eigenvalue weighted by atomic mass is 10.2. The number of halogens is 2. The normalized spacial score (nSPS) is 10.6. The summed E-state index contributed by atoms with van der Waals surface area (Å²) in [7, 11) is 0. The first kappa shape index (κ1) is 20.7. The van der Waals surface area contributed by atoms with Gasteiger partial charge in [0.05, 0.1) is 17.3 Å². The highest BCUT2D eigenvalue weighted by Gasteiger charge is 2.00. The average molecular weight is 395 g/mol. The summed E-state index contributed by atoms with van der Waals surface area (Å²) in [6.07, 6.45) is 6.27. The van der Waals surface area contributed by atoms with Gasteiger partial charge < -0.3 is 15.4 Å². The van der Waals surface area contributed by atoms with E-state index >= 15 is 0 Å². The van der Waals surface area contributed by atoms with E-state index in [1.165, 1.54) is 25.7 Å². The first-order chi connectivity index (χ1) is 12.7. The third-order valence-electron chi connectivity index (χ3n) is 4.07. The maximum atomic E-state index is 6.14. The predicted molar refractivity (Wildman–Crippen MR) is 114 cm³/mol. The predicted octanol–water partition coefficient (Wildman–Crippen LogP) is 6.87. The van der Waals surface area contributed by atoms with E-state index < -0.39 is 0 Å². The first-order valence-corrected chi connectivity index (χ1v) is 10.1. The minimum Gasteiger partial charge on any atom is -0.494 e. The Bertz CT molecular complexity index is 647.